The Morgan fingerprint density at radius 2 is 1.81 bits per heavy atom. The third-order valence-corrected chi connectivity index (χ3v) is 3.02. The van der Waals surface area contributed by atoms with E-state index < -0.39 is 5.91 Å². The van der Waals surface area contributed by atoms with E-state index in [1.165, 1.54) is 26.4 Å². The van der Waals surface area contributed by atoms with Gasteiger partial charge in [0.2, 0.25) is 0 Å². The number of amides is 1. The largest absolute Gasteiger partial charge is 0.493 e. The standard InChI is InChI=1S/C16H15NO4/c1-10-8-12(5-6-13(10)18)17-16(19)11-4-7-14(20-2)15(9-11)21-3/h4-9H,1-3H3. The van der Waals surface area contributed by atoms with Crippen LogP contribution < -0.4 is 9.47 Å². The minimum atomic E-state index is -0.408. The predicted molar refractivity (Wildman–Crippen MR) is 79.2 cm³/mol. The van der Waals surface area contributed by atoms with Gasteiger partial charge in [-0.1, -0.05) is 0 Å². The summed E-state index contributed by atoms with van der Waals surface area (Å²) in [6.07, 6.45) is 4.50. The number of ketones is 1. The fourth-order valence-electron chi connectivity index (χ4n) is 1.85. The first-order valence-corrected chi connectivity index (χ1v) is 6.31. The summed E-state index contributed by atoms with van der Waals surface area (Å²) in [5.41, 5.74) is 1.39. The fraction of sp³-hybridized carbons (Fsp3) is 0.188. The number of ether oxygens (including phenoxy) is 2. The van der Waals surface area contributed by atoms with Crippen molar-refractivity contribution in [2.75, 3.05) is 14.2 Å². The van der Waals surface area contributed by atoms with Crippen LogP contribution in [0.5, 0.6) is 11.5 Å². The molecule has 0 saturated heterocycles. The SMILES string of the molecule is COc1ccc(C(=O)N=C2C=CC(=O)C(C)=C2)cc1OC. The van der Waals surface area contributed by atoms with Crippen LogP contribution in [-0.4, -0.2) is 31.6 Å². The van der Waals surface area contributed by atoms with Crippen LogP contribution in [0.2, 0.25) is 0 Å². The van der Waals surface area contributed by atoms with Crippen LogP contribution >= 0.6 is 0 Å². The maximum Gasteiger partial charge on any atom is 0.277 e. The lowest BCUT2D eigenvalue weighted by molar-refractivity contribution is -0.111. The molecule has 1 aromatic rings. The zero-order valence-corrected chi connectivity index (χ0v) is 12.0. The highest BCUT2D eigenvalue weighted by molar-refractivity contribution is 6.21. The molecule has 5 nitrogen and oxygen atoms in total. The topological polar surface area (TPSA) is 65.0 Å². The number of hydrogen-bond donors (Lipinski definition) is 0. The highest BCUT2D eigenvalue weighted by Gasteiger charge is 2.12. The van der Waals surface area contributed by atoms with E-state index in [0.29, 0.717) is 28.3 Å². The molecule has 1 aromatic carbocycles. The van der Waals surface area contributed by atoms with E-state index in [9.17, 15) is 9.59 Å². The minimum absolute atomic E-state index is 0.0764. The number of benzene rings is 1. The van der Waals surface area contributed by atoms with Crippen molar-refractivity contribution in [1.29, 1.82) is 0 Å². The van der Waals surface area contributed by atoms with Gasteiger partial charge in [-0.05, 0) is 48.9 Å². The van der Waals surface area contributed by atoms with Crippen LogP contribution in [0.25, 0.3) is 0 Å². The quantitative estimate of drug-likeness (QED) is 0.800. The van der Waals surface area contributed by atoms with E-state index in [0.717, 1.165) is 0 Å². The molecule has 2 rings (SSSR count). The van der Waals surface area contributed by atoms with Crippen molar-refractivity contribution in [3.63, 3.8) is 0 Å². The Bertz CT molecular complexity index is 684. The highest BCUT2D eigenvalue weighted by Crippen LogP contribution is 2.27. The lowest BCUT2D eigenvalue weighted by Crippen LogP contribution is -2.07. The first-order valence-electron chi connectivity index (χ1n) is 6.31. The normalized spacial score (nSPS) is 15.9. The first-order chi connectivity index (χ1) is 10.0. The molecule has 0 saturated carbocycles. The van der Waals surface area contributed by atoms with Gasteiger partial charge < -0.3 is 9.47 Å². The van der Waals surface area contributed by atoms with Gasteiger partial charge >= 0.3 is 0 Å². The Morgan fingerprint density at radius 3 is 2.43 bits per heavy atom. The van der Waals surface area contributed by atoms with Gasteiger partial charge in [0, 0.05) is 5.56 Å². The molecule has 1 amide bonds. The van der Waals surface area contributed by atoms with E-state index >= 15 is 0 Å². The van der Waals surface area contributed by atoms with E-state index in [1.54, 1.807) is 31.2 Å². The van der Waals surface area contributed by atoms with Crippen LogP contribution in [0, 0.1) is 0 Å². The summed E-state index contributed by atoms with van der Waals surface area (Å²) in [6, 6.07) is 4.83. The van der Waals surface area contributed by atoms with Crippen molar-refractivity contribution in [2.24, 2.45) is 4.99 Å². The van der Waals surface area contributed by atoms with Crippen LogP contribution in [0.3, 0.4) is 0 Å². The number of nitrogens with zero attached hydrogens (tertiary/aromatic N) is 1. The second-order valence-corrected chi connectivity index (χ2v) is 4.44. The molecule has 0 bridgehead atoms. The maximum absolute atomic E-state index is 12.1. The van der Waals surface area contributed by atoms with Crippen LogP contribution in [0.1, 0.15) is 17.3 Å². The van der Waals surface area contributed by atoms with E-state index in [1.807, 2.05) is 0 Å². The number of rotatable bonds is 3. The Kier molecular flexibility index (Phi) is 4.33. The summed E-state index contributed by atoms with van der Waals surface area (Å²) in [5, 5.41) is 0. The Labute approximate surface area is 122 Å². The van der Waals surface area contributed by atoms with Gasteiger partial charge in [0.05, 0.1) is 19.9 Å². The molecular formula is C16H15NO4. The van der Waals surface area contributed by atoms with Crippen molar-refractivity contribution in [3.8, 4) is 11.5 Å². The van der Waals surface area contributed by atoms with Gasteiger partial charge in [-0.15, -0.1) is 0 Å². The molecule has 5 heteroatoms. The molecular weight excluding hydrogens is 270 g/mol. The molecule has 0 aliphatic heterocycles. The number of aliphatic imine (C=N–C) groups is 1. The third kappa shape index (κ3) is 3.25. The molecule has 0 radical (unpaired) electrons. The predicted octanol–water partition coefficient (Wildman–Crippen LogP) is 2.37. The molecule has 0 aromatic heterocycles. The molecule has 0 unspecified atom stereocenters. The molecule has 21 heavy (non-hydrogen) atoms. The zero-order valence-electron chi connectivity index (χ0n) is 12.0. The lowest BCUT2D eigenvalue weighted by Gasteiger charge is -2.08. The number of allylic oxidation sites excluding steroid dienone is 4. The highest BCUT2D eigenvalue weighted by atomic mass is 16.5. The lowest BCUT2D eigenvalue weighted by atomic mass is 10.1. The van der Waals surface area contributed by atoms with Gasteiger partial charge in [0.1, 0.15) is 0 Å². The number of carbonyl (C=O) groups excluding carboxylic acids is 2. The van der Waals surface area contributed by atoms with Crippen molar-refractivity contribution in [1.82, 2.24) is 0 Å². The molecule has 108 valence electrons. The van der Waals surface area contributed by atoms with Gasteiger partial charge in [0.15, 0.2) is 17.3 Å². The van der Waals surface area contributed by atoms with Crippen LogP contribution in [0.4, 0.5) is 0 Å². The molecule has 1 aliphatic rings. The molecule has 1 aliphatic carbocycles. The average Bonchev–Trinajstić information content (AvgIpc) is 2.50. The van der Waals surface area contributed by atoms with Gasteiger partial charge in [-0.25, -0.2) is 4.99 Å². The van der Waals surface area contributed by atoms with Gasteiger partial charge in [-0.3, -0.25) is 9.59 Å². The fourth-order valence-corrected chi connectivity index (χ4v) is 1.85. The molecule has 0 atom stereocenters. The van der Waals surface area contributed by atoms with Crippen LogP contribution in [0.15, 0.2) is 47.0 Å². The zero-order chi connectivity index (χ0) is 15.4. The van der Waals surface area contributed by atoms with Crippen molar-refractivity contribution in [2.45, 2.75) is 6.92 Å². The summed E-state index contributed by atoms with van der Waals surface area (Å²) >= 11 is 0. The number of hydrogen-bond acceptors (Lipinski definition) is 4. The minimum Gasteiger partial charge on any atom is -0.493 e. The summed E-state index contributed by atoms with van der Waals surface area (Å²) in [5.74, 6) is 0.520. The molecule has 0 fully saturated rings. The third-order valence-electron chi connectivity index (χ3n) is 3.02. The molecule has 0 spiro atoms. The summed E-state index contributed by atoms with van der Waals surface area (Å²) < 4.78 is 10.3. The molecule has 0 heterocycles. The maximum atomic E-state index is 12.1. The Hall–Kier alpha value is -2.69. The number of methoxy groups -OCH3 is 2. The van der Waals surface area contributed by atoms with E-state index in [2.05, 4.69) is 4.99 Å². The van der Waals surface area contributed by atoms with Crippen molar-refractivity contribution >= 4 is 17.4 Å². The summed E-state index contributed by atoms with van der Waals surface area (Å²) in [7, 11) is 3.02. The first kappa shape index (κ1) is 14.7. The Morgan fingerprint density at radius 1 is 1.10 bits per heavy atom. The Balaban J connectivity index is 2.29. The summed E-state index contributed by atoms with van der Waals surface area (Å²) in [4.78, 5) is 27.4. The van der Waals surface area contributed by atoms with Crippen molar-refractivity contribution < 1.29 is 19.1 Å². The van der Waals surface area contributed by atoms with E-state index in [-0.39, 0.29) is 5.78 Å². The monoisotopic (exact) mass is 285 g/mol. The van der Waals surface area contributed by atoms with Crippen LogP contribution in [-0.2, 0) is 4.79 Å². The summed E-state index contributed by atoms with van der Waals surface area (Å²) in [6.45, 7) is 1.68. The van der Waals surface area contributed by atoms with Crippen molar-refractivity contribution in [3.05, 3.63) is 47.6 Å². The molecule has 0 N–H and O–H groups in total. The second-order valence-electron chi connectivity index (χ2n) is 4.44. The van der Waals surface area contributed by atoms with Gasteiger partial charge in [0.25, 0.3) is 5.91 Å². The van der Waals surface area contributed by atoms with Gasteiger partial charge in [-0.2, -0.15) is 0 Å². The smallest absolute Gasteiger partial charge is 0.277 e. The van der Waals surface area contributed by atoms with E-state index in [4.69, 9.17) is 9.47 Å². The second kappa shape index (κ2) is 6.17. The number of carbonyl (C=O) groups is 2. The average molecular weight is 285 g/mol.